The third kappa shape index (κ3) is 3.90. The molecular formula is C20H16N4O4S. The normalized spacial score (nSPS) is 12.9. The molecule has 29 heavy (non-hydrogen) atoms. The van der Waals surface area contributed by atoms with Crippen LogP contribution in [0.1, 0.15) is 32.2 Å². The maximum Gasteiger partial charge on any atom is 0.322 e. The Morgan fingerprint density at radius 3 is 2.31 bits per heavy atom. The average molecular weight is 408 g/mol. The van der Waals surface area contributed by atoms with E-state index in [2.05, 4.69) is 15.5 Å². The molecule has 4 rings (SSSR count). The van der Waals surface area contributed by atoms with Gasteiger partial charge >= 0.3 is 6.01 Å². The number of carbonyl (C=O) groups is 3. The molecule has 0 atom stereocenters. The minimum absolute atomic E-state index is 0.0812. The summed E-state index contributed by atoms with van der Waals surface area (Å²) in [5.41, 5.74) is 1.58. The molecule has 0 radical (unpaired) electrons. The van der Waals surface area contributed by atoms with Gasteiger partial charge < -0.3 is 4.42 Å². The molecule has 146 valence electrons. The molecule has 3 amide bonds. The summed E-state index contributed by atoms with van der Waals surface area (Å²) in [4.78, 5) is 38.9. The number of amides is 3. The number of imide groups is 1. The van der Waals surface area contributed by atoms with E-state index in [0.29, 0.717) is 12.3 Å². The van der Waals surface area contributed by atoms with Crippen LogP contribution in [0.15, 0.2) is 57.8 Å². The Kier molecular flexibility index (Phi) is 5.13. The third-order valence-electron chi connectivity index (χ3n) is 4.41. The quantitative estimate of drug-likeness (QED) is 0.494. The van der Waals surface area contributed by atoms with Crippen molar-refractivity contribution in [2.45, 2.75) is 11.3 Å². The summed E-state index contributed by atoms with van der Waals surface area (Å²) in [6.07, 6.45) is 2.43. The molecule has 3 aromatic rings. The molecule has 0 aliphatic carbocycles. The largest absolute Gasteiger partial charge is 0.407 e. The summed E-state index contributed by atoms with van der Waals surface area (Å²) in [5, 5.41) is 10.1. The summed E-state index contributed by atoms with van der Waals surface area (Å²) in [6, 6.07) is 14.3. The van der Waals surface area contributed by atoms with Gasteiger partial charge in [-0.15, -0.1) is 16.9 Å². The first kappa shape index (κ1) is 18.9. The van der Waals surface area contributed by atoms with Crippen LogP contribution in [0.25, 0.3) is 0 Å². The Hall–Kier alpha value is -3.46. The fraction of sp³-hybridized carbons (Fsp3) is 0.150. The molecule has 1 N–H and O–H groups in total. The molecule has 0 spiro atoms. The summed E-state index contributed by atoms with van der Waals surface area (Å²) in [5.74, 6) is -1.25. The van der Waals surface area contributed by atoms with Gasteiger partial charge in [-0.05, 0) is 36.1 Å². The summed E-state index contributed by atoms with van der Waals surface area (Å²) < 4.78 is 5.45. The molecular weight excluding hydrogens is 392 g/mol. The predicted octanol–water partition coefficient (Wildman–Crippen LogP) is 2.62. The summed E-state index contributed by atoms with van der Waals surface area (Å²) in [6.45, 7) is -0.430. The maximum absolute atomic E-state index is 12.3. The number of hydrogen-bond acceptors (Lipinski definition) is 7. The lowest BCUT2D eigenvalue weighted by Gasteiger charge is -2.12. The van der Waals surface area contributed by atoms with Gasteiger partial charge in [0.15, 0.2) is 0 Å². The molecule has 2 aromatic carbocycles. The van der Waals surface area contributed by atoms with Gasteiger partial charge in [0.2, 0.25) is 11.8 Å². The second-order valence-electron chi connectivity index (χ2n) is 6.32. The van der Waals surface area contributed by atoms with Gasteiger partial charge in [-0.25, -0.2) is 0 Å². The van der Waals surface area contributed by atoms with Gasteiger partial charge in [0, 0.05) is 4.90 Å². The van der Waals surface area contributed by atoms with Crippen LogP contribution in [0.3, 0.4) is 0 Å². The first-order chi connectivity index (χ1) is 14.0. The first-order valence-corrected chi connectivity index (χ1v) is 9.98. The van der Waals surface area contributed by atoms with Gasteiger partial charge in [-0.1, -0.05) is 29.4 Å². The summed E-state index contributed by atoms with van der Waals surface area (Å²) >= 11 is 1.65. The van der Waals surface area contributed by atoms with E-state index in [1.165, 1.54) is 0 Å². The van der Waals surface area contributed by atoms with E-state index in [1.807, 2.05) is 30.5 Å². The topological polar surface area (TPSA) is 105 Å². The van der Waals surface area contributed by atoms with Gasteiger partial charge in [0.1, 0.15) is 6.54 Å². The Morgan fingerprint density at radius 1 is 1.03 bits per heavy atom. The third-order valence-corrected chi connectivity index (χ3v) is 5.15. The zero-order valence-corrected chi connectivity index (χ0v) is 16.2. The highest BCUT2D eigenvalue weighted by molar-refractivity contribution is 7.98. The van der Waals surface area contributed by atoms with Crippen LogP contribution in [-0.2, 0) is 11.2 Å². The second-order valence-corrected chi connectivity index (χ2v) is 7.20. The Balaban J connectivity index is 1.37. The van der Waals surface area contributed by atoms with E-state index in [4.69, 9.17) is 4.42 Å². The van der Waals surface area contributed by atoms with E-state index in [-0.39, 0.29) is 17.1 Å². The molecule has 0 bridgehead atoms. The lowest BCUT2D eigenvalue weighted by Crippen LogP contribution is -2.37. The van der Waals surface area contributed by atoms with Gasteiger partial charge in [0.25, 0.3) is 11.8 Å². The highest BCUT2D eigenvalue weighted by atomic mass is 32.2. The molecule has 9 heteroatoms. The van der Waals surface area contributed by atoms with E-state index >= 15 is 0 Å². The number of aromatic nitrogens is 2. The molecule has 0 fully saturated rings. The number of benzene rings is 2. The number of carbonyl (C=O) groups excluding carboxylic acids is 3. The number of hydrogen-bond donors (Lipinski definition) is 1. The van der Waals surface area contributed by atoms with Crippen molar-refractivity contribution in [3.63, 3.8) is 0 Å². The second kappa shape index (κ2) is 7.88. The van der Waals surface area contributed by atoms with Crippen LogP contribution < -0.4 is 5.32 Å². The maximum atomic E-state index is 12.3. The summed E-state index contributed by atoms with van der Waals surface area (Å²) in [7, 11) is 0. The van der Waals surface area contributed by atoms with Crippen molar-refractivity contribution in [2.24, 2.45) is 0 Å². The monoisotopic (exact) mass is 408 g/mol. The van der Waals surface area contributed by atoms with Crippen molar-refractivity contribution in [3.05, 3.63) is 71.1 Å². The smallest absolute Gasteiger partial charge is 0.322 e. The number of fused-ring (bicyclic) bond motifs is 1. The number of thioether (sulfide) groups is 1. The molecule has 2 heterocycles. The van der Waals surface area contributed by atoms with E-state index in [0.717, 1.165) is 15.4 Å². The minimum Gasteiger partial charge on any atom is -0.407 e. The van der Waals surface area contributed by atoms with E-state index in [1.54, 1.807) is 36.0 Å². The average Bonchev–Trinajstić information content (AvgIpc) is 3.26. The zero-order chi connectivity index (χ0) is 20.4. The number of anilines is 1. The molecule has 1 aliphatic heterocycles. The minimum atomic E-state index is -0.598. The van der Waals surface area contributed by atoms with Crippen molar-refractivity contribution in [2.75, 3.05) is 18.1 Å². The Bertz CT molecular complexity index is 1060. The van der Waals surface area contributed by atoms with Crippen LogP contribution >= 0.6 is 11.8 Å². The van der Waals surface area contributed by atoms with E-state index in [9.17, 15) is 14.4 Å². The van der Waals surface area contributed by atoms with Crippen molar-refractivity contribution >= 4 is 35.5 Å². The van der Waals surface area contributed by atoms with Crippen LogP contribution in [0.5, 0.6) is 0 Å². The lowest BCUT2D eigenvalue weighted by atomic mass is 10.1. The molecule has 1 aliphatic rings. The predicted molar refractivity (Wildman–Crippen MR) is 106 cm³/mol. The SMILES string of the molecule is CSc1ccc(Cc2nnc(NC(=O)CN3C(=O)c4ccccc4C3=O)o2)cc1. The Morgan fingerprint density at radius 2 is 1.69 bits per heavy atom. The van der Waals surface area contributed by atoms with Crippen molar-refractivity contribution in [1.82, 2.24) is 15.1 Å². The van der Waals surface area contributed by atoms with Gasteiger partial charge in [-0.3, -0.25) is 24.6 Å². The fourth-order valence-corrected chi connectivity index (χ4v) is 3.39. The highest BCUT2D eigenvalue weighted by Crippen LogP contribution is 2.22. The fourth-order valence-electron chi connectivity index (χ4n) is 2.98. The van der Waals surface area contributed by atoms with Crippen LogP contribution in [-0.4, -0.2) is 45.6 Å². The standard InChI is InChI=1S/C20H16N4O4S/c1-29-13-8-6-12(7-9-13)10-17-22-23-20(28-17)21-16(25)11-24-18(26)14-4-2-3-5-15(14)19(24)27/h2-9H,10-11H2,1H3,(H,21,23,25). The van der Waals surface area contributed by atoms with Crippen LogP contribution in [0, 0.1) is 0 Å². The van der Waals surface area contributed by atoms with Crippen LogP contribution in [0.2, 0.25) is 0 Å². The lowest BCUT2D eigenvalue weighted by molar-refractivity contribution is -0.116. The van der Waals surface area contributed by atoms with Crippen molar-refractivity contribution < 1.29 is 18.8 Å². The highest BCUT2D eigenvalue weighted by Gasteiger charge is 2.36. The molecule has 1 aromatic heterocycles. The molecule has 0 unspecified atom stereocenters. The molecule has 0 saturated carbocycles. The molecule has 8 nitrogen and oxygen atoms in total. The zero-order valence-electron chi connectivity index (χ0n) is 15.4. The first-order valence-electron chi connectivity index (χ1n) is 8.75. The number of nitrogens with one attached hydrogen (secondary N) is 1. The van der Waals surface area contributed by atoms with E-state index < -0.39 is 24.3 Å². The van der Waals surface area contributed by atoms with Crippen molar-refractivity contribution in [3.8, 4) is 0 Å². The van der Waals surface area contributed by atoms with Gasteiger partial charge in [-0.2, -0.15) is 0 Å². The molecule has 0 saturated heterocycles. The number of nitrogens with zero attached hydrogens (tertiary/aromatic N) is 3. The van der Waals surface area contributed by atoms with Gasteiger partial charge in [0.05, 0.1) is 17.5 Å². The Labute approximate surface area is 170 Å². The van der Waals surface area contributed by atoms with Crippen LogP contribution in [0.4, 0.5) is 6.01 Å². The number of rotatable bonds is 6. The van der Waals surface area contributed by atoms with Crippen molar-refractivity contribution in [1.29, 1.82) is 0 Å².